The predicted molar refractivity (Wildman–Crippen MR) is 94.3 cm³/mol. The van der Waals surface area contributed by atoms with E-state index in [1.165, 1.54) is 12.1 Å². The molecule has 3 nitrogen and oxygen atoms in total. The largest absolute Gasteiger partial charge is 0.481 e. The van der Waals surface area contributed by atoms with Gasteiger partial charge in [-0.3, -0.25) is 9.69 Å². The van der Waals surface area contributed by atoms with Crippen molar-refractivity contribution in [2.24, 2.45) is 5.92 Å². The number of carboxylic acids is 1. The third-order valence-electron chi connectivity index (χ3n) is 4.53. The fraction of sp³-hybridized carbons (Fsp3) is 0.316. The lowest BCUT2D eigenvalue weighted by Crippen LogP contribution is -2.41. The highest BCUT2D eigenvalue weighted by atomic mass is 79.9. The van der Waals surface area contributed by atoms with E-state index >= 15 is 0 Å². The third-order valence-corrected chi connectivity index (χ3v) is 5.25. The smallest absolute Gasteiger partial charge is 0.307 e. The molecule has 1 aliphatic rings. The summed E-state index contributed by atoms with van der Waals surface area (Å²) in [6.07, 6.45) is 1.52. The Bertz CT molecular complexity index is 737. The molecule has 2 aromatic rings. The maximum absolute atomic E-state index is 13.8. The first-order chi connectivity index (χ1) is 11.6. The first-order valence-electron chi connectivity index (χ1n) is 8.03. The van der Waals surface area contributed by atoms with Gasteiger partial charge in [0.25, 0.3) is 0 Å². The van der Waals surface area contributed by atoms with Crippen LogP contribution < -0.4 is 0 Å². The van der Waals surface area contributed by atoms with Crippen LogP contribution in [0.3, 0.4) is 0 Å². The second-order valence-electron chi connectivity index (χ2n) is 6.15. The molecule has 5 heteroatoms. The minimum atomic E-state index is -0.759. The van der Waals surface area contributed by atoms with Crippen LogP contribution in [-0.4, -0.2) is 29.1 Å². The summed E-state index contributed by atoms with van der Waals surface area (Å²) >= 11 is 3.59. The lowest BCUT2D eigenvalue weighted by Gasteiger charge is -2.38. The Morgan fingerprint density at radius 3 is 2.75 bits per heavy atom. The summed E-state index contributed by atoms with van der Waals surface area (Å²) in [5, 5.41) is 9.38. The molecule has 2 unspecified atom stereocenters. The van der Waals surface area contributed by atoms with E-state index in [4.69, 9.17) is 0 Å². The number of hydrogen-bond donors (Lipinski definition) is 1. The SMILES string of the molecule is O=C(O)C1CCCN(C(c2cccc(F)c2)c2ccccc2Br)C1. The standard InChI is InChI=1S/C19H19BrFNO2/c20-17-9-2-1-8-16(17)18(13-5-3-7-15(21)11-13)22-10-4-6-14(12-22)19(23)24/h1-3,5,7-9,11,14,18H,4,6,10,12H2,(H,23,24). The molecule has 0 spiro atoms. The average molecular weight is 392 g/mol. The fourth-order valence-electron chi connectivity index (χ4n) is 3.40. The first kappa shape index (κ1) is 17.1. The molecule has 0 bridgehead atoms. The summed E-state index contributed by atoms with van der Waals surface area (Å²) in [6, 6.07) is 14.2. The molecule has 2 aromatic carbocycles. The minimum Gasteiger partial charge on any atom is -0.481 e. The zero-order valence-corrected chi connectivity index (χ0v) is 14.7. The number of hydrogen-bond acceptors (Lipinski definition) is 2. The Hall–Kier alpha value is -1.72. The molecule has 0 amide bonds. The molecule has 0 aromatic heterocycles. The van der Waals surface area contributed by atoms with Crippen molar-refractivity contribution in [3.05, 3.63) is 69.9 Å². The van der Waals surface area contributed by atoms with Crippen LogP contribution in [0.2, 0.25) is 0 Å². The van der Waals surface area contributed by atoms with E-state index in [1.807, 2.05) is 30.3 Å². The van der Waals surface area contributed by atoms with E-state index in [-0.39, 0.29) is 17.8 Å². The van der Waals surface area contributed by atoms with Gasteiger partial charge in [0.2, 0.25) is 0 Å². The molecular weight excluding hydrogens is 373 g/mol. The van der Waals surface area contributed by atoms with Gasteiger partial charge >= 0.3 is 5.97 Å². The molecule has 1 aliphatic heterocycles. The Morgan fingerprint density at radius 2 is 2.04 bits per heavy atom. The second-order valence-corrected chi connectivity index (χ2v) is 7.01. The van der Waals surface area contributed by atoms with Crippen molar-refractivity contribution in [3.8, 4) is 0 Å². The van der Waals surface area contributed by atoms with E-state index in [2.05, 4.69) is 20.8 Å². The molecule has 0 saturated carbocycles. The molecule has 3 rings (SSSR count). The van der Waals surface area contributed by atoms with Gasteiger partial charge in [0.15, 0.2) is 0 Å². The second kappa shape index (κ2) is 7.45. The van der Waals surface area contributed by atoms with Gasteiger partial charge in [0.05, 0.1) is 12.0 Å². The van der Waals surface area contributed by atoms with Crippen LogP contribution >= 0.6 is 15.9 Å². The molecule has 0 aliphatic carbocycles. The van der Waals surface area contributed by atoms with E-state index in [0.717, 1.165) is 28.6 Å². The number of nitrogens with zero attached hydrogens (tertiary/aromatic N) is 1. The van der Waals surface area contributed by atoms with Crippen LogP contribution in [0.15, 0.2) is 53.0 Å². The van der Waals surface area contributed by atoms with E-state index in [1.54, 1.807) is 6.07 Å². The van der Waals surface area contributed by atoms with Crippen LogP contribution in [0.25, 0.3) is 0 Å². The van der Waals surface area contributed by atoms with Crippen molar-refractivity contribution in [2.45, 2.75) is 18.9 Å². The van der Waals surface area contributed by atoms with Crippen molar-refractivity contribution < 1.29 is 14.3 Å². The Balaban J connectivity index is 2.02. The zero-order chi connectivity index (χ0) is 17.1. The van der Waals surface area contributed by atoms with Crippen molar-refractivity contribution in [3.63, 3.8) is 0 Å². The minimum absolute atomic E-state index is 0.168. The summed E-state index contributed by atoms with van der Waals surface area (Å²) in [4.78, 5) is 13.6. The number of carboxylic acid groups (broad SMARTS) is 1. The summed E-state index contributed by atoms with van der Waals surface area (Å²) in [5.74, 6) is -1.42. The topological polar surface area (TPSA) is 40.5 Å². The number of halogens is 2. The molecule has 1 saturated heterocycles. The van der Waals surface area contributed by atoms with Gasteiger partial charge in [0, 0.05) is 11.0 Å². The number of rotatable bonds is 4. The fourth-order valence-corrected chi connectivity index (χ4v) is 3.90. The molecule has 24 heavy (non-hydrogen) atoms. The van der Waals surface area contributed by atoms with Gasteiger partial charge in [-0.05, 0) is 48.7 Å². The molecular formula is C19H19BrFNO2. The van der Waals surface area contributed by atoms with Gasteiger partial charge in [-0.1, -0.05) is 46.3 Å². The highest BCUT2D eigenvalue weighted by molar-refractivity contribution is 9.10. The quantitative estimate of drug-likeness (QED) is 0.835. The molecule has 1 fully saturated rings. The lowest BCUT2D eigenvalue weighted by atomic mass is 9.91. The summed E-state index contributed by atoms with van der Waals surface area (Å²) in [7, 11) is 0. The Morgan fingerprint density at radius 1 is 1.25 bits per heavy atom. The number of aliphatic carboxylic acids is 1. The normalized spacial score (nSPS) is 19.8. The van der Waals surface area contributed by atoms with Crippen molar-refractivity contribution in [2.75, 3.05) is 13.1 Å². The van der Waals surface area contributed by atoms with Crippen molar-refractivity contribution in [1.29, 1.82) is 0 Å². The van der Waals surface area contributed by atoms with E-state index in [9.17, 15) is 14.3 Å². The number of likely N-dealkylation sites (tertiary alicyclic amines) is 1. The Labute approximate surface area is 149 Å². The lowest BCUT2D eigenvalue weighted by molar-refractivity contribution is -0.143. The predicted octanol–water partition coefficient (Wildman–Crippen LogP) is 4.47. The maximum atomic E-state index is 13.8. The molecule has 1 N–H and O–H groups in total. The molecule has 2 atom stereocenters. The Kier molecular flexibility index (Phi) is 5.31. The first-order valence-corrected chi connectivity index (χ1v) is 8.82. The average Bonchev–Trinajstić information content (AvgIpc) is 2.57. The van der Waals surface area contributed by atoms with Crippen molar-refractivity contribution in [1.82, 2.24) is 4.90 Å². The van der Waals surface area contributed by atoms with E-state index < -0.39 is 5.97 Å². The summed E-state index contributed by atoms with van der Waals surface area (Å²) < 4.78 is 14.7. The molecule has 126 valence electrons. The summed E-state index contributed by atoms with van der Waals surface area (Å²) in [5.41, 5.74) is 1.86. The third kappa shape index (κ3) is 3.68. The van der Waals surface area contributed by atoms with Crippen LogP contribution in [0.4, 0.5) is 4.39 Å². The van der Waals surface area contributed by atoms with Gasteiger partial charge < -0.3 is 5.11 Å². The van der Waals surface area contributed by atoms with Crippen LogP contribution in [0.5, 0.6) is 0 Å². The van der Waals surface area contributed by atoms with Crippen LogP contribution in [0, 0.1) is 11.7 Å². The van der Waals surface area contributed by atoms with Crippen LogP contribution in [0.1, 0.15) is 30.0 Å². The molecule has 0 radical (unpaired) electrons. The van der Waals surface area contributed by atoms with Gasteiger partial charge in [-0.15, -0.1) is 0 Å². The maximum Gasteiger partial charge on any atom is 0.307 e. The number of carbonyl (C=O) groups is 1. The number of benzene rings is 2. The zero-order valence-electron chi connectivity index (χ0n) is 13.2. The van der Waals surface area contributed by atoms with Gasteiger partial charge in [0.1, 0.15) is 5.82 Å². The highest BCUT2D eigenvalue weighted by Crippen LogP contribution is 2.36. The van der Waals surface area contributed by atoms with Crippen LogP contribution in [-0.2, 0) is 4.79 Å². The number of piperidine rings is 1. The monoisotopic (exact) mass is 391 g/mol. The van der Waals surface area contributed by atoms with E-state index in [0.29, 0.717) is 13.0 Å². The molecule has 1 heterocycles. The van der Waals surface area contributed by atoms with Gasteiger partial charge in [-0.25, -0.2) is 4.39 Å². The highest BCUT2D eigenvalue weighted by Gasteiger charge is 2.32. The van der Waals surface area contributed by atoms with Gasteiger partial charge in [-0.2, -0.15) is 0 Å². The van der Waals surface area contributed by atoms with Crippen molar-refractivity contribution >= 4 is 21.9 Å². The summed E-state index contributed by atoms with van der Waals surface area (Å²) in [6.45, 7) is 1.27.